The monoisotopic (exact) mass is 390 g/mol. The van der Waals surface area contributed by atoms with Crippen LogP contribution < -0.4 is 14.4 Å². The molecule has 1 amide bonds. The van der Waals surface area contributed by atoms with E-state index in [2.05, 4.69) is 5.32 Å². The maximum absolute atomic E-state index is 12.3. The van der Waals surface area contributed by atoms with Crippen molar-refractivity contribution in [2.75, 3.05) is 24.2 Å². The SMILES string of the molecule is COc1ccc(C)cc1N(CCC(=O)NCc1ccccc1C)S(C)(=O)=O. The number of hydrogen-bond acceptors (Lipinski definition) is 4. The lowest BCUT2D eigenvalue weighted by molar-refractivity contribution is -0.121. The maximum atomic E-state index is 12.3. The quantitative estimate of drug-likeness (QED) is 0.752. The van der Waals surface area contributed by atoms with E-state index in [1.807, 2.05) is 44.2 Å². The largest absolute Gasteiger partial charge is 0.495 e. The number of sulfonamides is 1. The Kier molecular flexibility index (Phi) is 6.85. The molecule has 6 nitrogen and oxygen atoms in total. The van der Waals surface area contributed by atoms with Crippen LogP contribution in [0.15, 0.2) is 42.5 Å². The van der Waals surface area contributed by atoms with Crippen molar-refractivity contribution < 1.29 is 17.9 Å². The average Bonchev–Trinajstić information content (AvgIpc) is 2.60. The van der Waals surface area contributed by atoms with Crippen LogP contribution in [0.2, 0.25) is 0 Å². The summed E-state index contributed by atoms with van der Waals surface area (Å²) in [6, 6.07) is 13.1. The summed E-state index contributed by atoms with van der Waals surface area (Å²) in [5.74, 6) is 0.241. The molecular weight excluding hydrogens is 364 g/mol. The molecule has 0 spiro atoms. The molecule has 0 aliphatic carbocycles. The molecule has 2 aromatic carbocycles. The fourth-order valence-corrected chi connectivity index (χ4v) is 3.68. The van der Waals surface area contributed by atoms with E-state index in [0.717, 1.165) is 22.9 Å². The molecule has 0 fully saturated rings. The number of ether oxygens (including phenoxy) is 1. The number of carbonyl (C=O) groups excluding carboxylic acids is 1. The zero-order chi connectivity index (χ0) is 20.0. The lowest BCUT2D eigenvalue weighted by Gasteiger charge is -2.24. The fraction of sp³-hybridized carbons (Fsp3) is 0.350. The van der Waals surface area contributed by atoms with Gasteiger partial charge in [-0.2, -0.15) is 0 Å². The molecule has 0 aliphatic heterocycles. The molecule has 0 bridgehead atoms. The Labute approximate surface area is 161 Å². The minimum absolute atomic E-state index is 0.0399. The summed E-state index contributed by atoms with van der Waals surface area (Å²) in [5, 5.41) is 2.85. The smallest absolute Gasteiger partial charge is 0.232 e. The number of nitrogens with one attached hydrogen (secondary N) is 1. The van der Waals surface area contributed by atoms with Crippen molar-refractivity contribution in [1.82, 2.24) is 5.32 Å². The van der Waals surface area contributed by atoms with Crippen molar-refractivity contribution >= 4 is 21.6 Å². The highest BCUT2D eigenvalue weighted by Gasteiger charge is 2.22. The second-order valence-corrected chi connectivity index (χ2v) is 8.37. The first-order valence-electron chi connectivity index (χ1n) is 8.66. The predicted molar refractivity (Wildman–Crippen MR) is 108 cm³/mol. The molecule has 146 valence electrons. The van der Waals surface area contributed by atoms with Gasteiger partial charge < -0.3 is 10.1 Å². The molecule has 0 radical (unpaired) electrons. The fourth-order valence-electron chi connectivity index (χ4n) is 2.75. The van der Waals surface area contributed by atoms with Crippen LogP contribution in [0, 0.1) is 13.8 Å². The van der Waals surface area contributed by atoms with Crippen molar-refractivity contribution in [3.05, 3.63) is 59.2 Å². The Hall–Kier alpha value is -2.54. The molecule has 0 unspecified atom stereocenters. The Balaban J connectivity index is 2.08. The molecule has 2 rings (SSSR count). The van der Waals surface area contributed by atoms with Crippen LogP contribution in [0.1, 0.15) is 23.1 Å². The van der Waals surface area contributed by atoms with E-state index in [4.69, 9.17) is 4.74 Å². The number of benzene rings is 2. The van der Waals surface area contributed by atoms with Gasteiger partial charge in [0.2, 0.25) is 15.9 Å². The number of aryl methyl sites for hydroxylation is 2. The molecule has 0 heterocycles. The van der Waals surface area contributed by atoms with Crippen LogP contribution in [0.3, 0.4) is 0 Å². The van der Waals surface area contributed by atoms with Gasteiger partial charge in [-0.15, -0.1) is 0 Å². The summed E-state index contributed by atoms with van der Waals surface area (Å²) in [6.07, 6.45) is 1.18. The Morgan fingerprint density at radius 3 is 2.48 bits per heavy atom. The summed E-state index contributed by atoms with van der Waals surface area (Å²) in [7, 11) is -2.07. The van der Waals surface area contributed by atoms with E-state index in [1.165, 1.54) is 11.4 Å². The molecular formula is C20H26N2O4S. The molecule has 0 saturated carbocycles. The second-order valence-electron chi connectivity index (χ2n) is 6.46. The highest BCUT2D eigenvalue weighted by atomic mass is 32.2. The third-order valence-electron chi connectivity index (χ3n) is 4.28. The van der Waals surface area contributed by atoms with Crippen LogP contribution in [-0.4, -0.2) is 34.2 Å². The van der Waals surface area contributed by atoms with Gasteiger partial charge in [-0.05, 0) is 42.7 Å². The zero-order valence-electron chi connectivity index (χ0n) is 16.2. The molecule has 27 heavy (non-hydrogen) atoms. The number of anilines is 1. The van der Waals surface area contributed by atoms with E-state index < -0.39 is 10.0 Å². The van der Waals surface area contributed by atoms with Crippen LogP contribution in [0.4, 0.5) is 5.69 Å². The van der Waals surface area contributed by atoms with E-state index in [0.29, 0.717) is 18.0 Å². The van der Waals surface area contributed by atoms with E-state index in [1.54, 1.807) is 12.1 Å². The van der Waals surface area contributed by atoms with Gasteiger partial charge >= 0.3 is 0 Å². The Morgan fingerprint density at radius 1 is 1.15 bits per heavy atom. The number of amides is 1. The van der Waals surface area contributed by atoms with Crippen molar-refractivity contribution in [3.63, 3.8) is 0 Å². The van der Waals surface area contributed by atoms with Gasteiger partial charge in [-0.1, -0.05) is 30.3 Å². The Morgan fingerprint density at radius 2 is 1.85 bits per heavy atom. The summed E-state index contributed by atoms with van der Waals surface area (Å²) >= 11 is 0. The van der Waals surface area contributed by atoms with Crippen LogP contribution >= 0.6 is 0 Å². The highest BCUT2D eigenvalue weighted by molar-refractivity contribution is 7.92. The molecule has 1 N–H and O–H groups in total. The van der Waals surface area contributed by atoms with Crippen LogP contribution in [-0.2, 0) is 21.4 Å². The summed E-state index contributed by atoms with van der Waals surface area (Å²) in [5.41, 5.74) is 3.47. The van der Waals surface area contributed by atoms with E-state index in [-0.39, 0.29) is 18.9 Å². The number of nitrogens with zero attached hydrogens (tertiary/aromatic N) is 1. The van der Waals surface area contributed by atoms with Crippen molar-refractivity contribution in [3.8, 4) is 5.75 Å². The van der Waals surface area contributed by atoms with Gasteiger partial charge in [-0.25, -0.2) is 8.42 Å². The molecule has 0 aromatic heterocycles. The maximum Gasteiger partial charge on any atom is 0.232 e. The van der Waals surface area contributed by atoms with Crippen molar-refractivity contribution in [2.45, 2.75) is 26.8 Å². The number of carbonyl (C=O) groups is 1. The first-order chi connectivity index (χ1) is 12.7. The Bertz CT molecular complexity index is 910. The standard InChI is InChI=1S/C20H26N2O4S/c1-15-9-10-19(26-3)18(13-15)22(27(4,24)25)12-11-20(23)21-14-17-8-6-5-7-16(17)2/h5-10,13H,11-12,14H2,1-4H3,(H,21,23). The predicted octanol–water partition coefficient (Wildman–Crippen LogP) is 2.78. The molecule has 7 heteroatoms. The molecule has 0 atom stereocenters. The summed E-state index contributed by atoms with van der Waals surface area (Å²) in [6.45, 7) is 4.31. The summed E-state index contributed by atoms with van der Waals surface area (Å²) < 4.78 is 31.1. The van der Waals surface area contributed by atoms with Gasteiger partial charge in [-0.3, -0.25) is 9.10 Å². The second kappa shape index (κ2) is 8.90. The van der Waals surface area contributed by atoms with Gasteiger partial charge in [0.15, 0.2) is 0 Å². The van der Waals surface area contributed by atoms with Gasteiger partial charge in [0.1, 0.15) is 5.75 Å². The van der Waals surface area contributed by atoms with E-state index in [9.17, 15) is 13.2 Å². The molecule has 2 aromatic rings. The average molecular weight is 391 g/mol. The summed E-state index contributed by atoms with van der Waals surface area (Å²) in [4.78, 5) is 12.2. The number of hydrogen-bond donors (Lipinski definition) is 1. The minimum atomic E-state index is -3.56. The third-order valence-corrected chi connectivity index (χ3v) is 5.46. The third kappa shape index (κ3) is 5.72. The van der Waals surface area contributed by atoms with Crippen molar-refractivity contribution in [1.29, 1.82) is 0 Å². The highest BCUT2D eigenvalue weighted by Crippen LogP contribution is 2.31. The lowest BCUT2D eigenvalue weighted by atomic mass is 10.1. The molecule has 0 aliphatic rings. The van der Waals surface area contributed by atoms with Crippen LogP contribution in [0.5, 0.6) is 5.75 Å². The van der Waals surface area contributed by atoms with E-state index >= 15 is 0 Å². The lowest BCUT2D eigenvalue weighted by Crippen LogP contribution is -2.34. The van der Waals surface area contributed by atoms with Crippen LogP contribution in [0.25, 0.3) is 0 Å². The van der Waals surface area contributed by atoms with Gasteiger partial charge in [0, 0.05) is 19.5 Å². The van der Waals surface area contributed by atoms with Gasteiger partial charge in [0.05, 0.1) is 19.1 Å². The first kappa shape index (κ1) is 20.8. The topological polar surface area (TPSA) is 75.7 Å². The zero-order valence-corrected chi connectivity index (χ0v) is 17.0. The first-order valence-corrected chi connectivity index (χ1v) is 10.5. The number of methoxy groups -OCH3 is 1. The van der Waals surface area contributed by atoms with Crippen molar-refractivity contribution in [2.24, 2.45) is 0 Å². The number of rotatable bonds is 8. The molecule has 0 saturated heterocycles. The van der Waals surface area contributed by atoms with Gasteiger partial charge in [0.25, 0.3) is 0 Å². The minimum Gasteiger partial charge on any atom is -0.495 e. The normalized spacial score (nSPS) is 11.1.